The number of nitrogens with zero attached hydrogens (tertiary/aromatic N) is 2. The second-order valence-electron chi connectivity index (χ2n) is 6.32. The fraction of sp³-hybridized carbons (Fsp3) is 0.143. The molecule has 0 spiro atoms. The van der Waals surface area contributed by atoms with Gasteiger partial charge in [0.2, 0.25) is 0 Å². The maximum absolute atomic E-state index is 13.2. The number of carbonyl (C=O) groups is 1. The summed E-state index contributed by atoms with van der Waals surface area (Å²) in [4.78, 5) is 13.2. The Bertz CT molecular complexity index is 979. The summed E-state index contributed by atoms with van der Waals surface area (Å²) in [7, 11) is 0. The third-order valence-corrected chi connectivity index (χ3v) is 4.92. The van der Waals surface area contributed by atoms with Crippen molar-refractivity contribution in [3.63, 3.8) is 0 Å². The first kappa shape index (κ1) is 16.8. The lowest BCUT2D eigenvalue weighted by Gasteiger charge is -2.22. The van der Waals surface area contributed by atoms with Gasteiger partial charge in [-0.2, -0.15) is 5.10 Å². The lowest BCUT2D eigenvalue weighted by Crippen LogP contribution is -2.27. The molecule has 2 heterocycles. The molecular formula is C21H17BrN2O2. The van der Waals surface area contributed by atoms with Crippen molar-refractivity contribution in [2.24, 2.45) is 5.10 Å². The van der Waals surface area contributed by atoms with Gasteiger partial charge in [0.05, 0.1) is 12.3 Å². The molecule has 3 aromatic rings. The van der Waals surface area contributed by atoms with Crippen molar-refractivity contribution < 1.29 is 9.21 Å². The molecule has 0 radical (unpaired) electrons. The molecule has 1 aliphatic heterocycles. The van der Waals surface area contributed by atoms with E-state index in [0.717, 1.165) is 21.3 Å². The molecule has 1 aliphatic rings. The van der Waals surface area contributed by atoms with Crippen molar-refractivity contribution in [2.75, 3.05) is 0 Å². The van der Waals surface area contributed by atoms with Gasteiger partial charge in [0.25, 0.3) is 5.91 Å². The Morgan fingerprint density at radius 2 is 2.00 bits per heavy atom. The highest BCUT2D eigenvalue weighted by molar-refractivity contribution is 9.10. The number of halogens is 1. The van der Waals surface area contributed by atoms with Crippen LogP contribution in [0, 0.1) is 6.92 Å². The molecule has 1 amide bonds. The van der Waals surface area contributed by atoms with Gasteiger partial charge >= 0.3 is 0 Å². The van der Waals surface area contributed by atoms with E-state index >= 15 is 0 Å². The molecule has 0 saturated heterocycles. The average Bonchev–Trinajstić information content (AvgIpc) is 3.30. The largest absolute Gasteiger partial charge is 0.463 e. The summed E-state index contributed by atoms with van der Waals surface area (Å²) in [6, 6.07) is 19.1. The molecule has 5 heteroatoms. The Labute approximate surface area is 160 Å². The van der Waals surface area contributed by atoms with Gasteiger partial charge in [-0.3, -0.25) is 4.79 Å². The molecule has 0 aliphatic carbocycles. The van der Waals surface area contributed by atoms with Crippen LogP contribution in [0.5, 0.6) is 0 Å². The molecule has 4 nitrogen and oxygen atoms in total. The number of furan rings is 1. The highest BCUT2D eigenvalue weighted by atomic mass is 79.9. The molecule has 4 rings (SSSR count). The molecule has 130 valence electrons. The Hall–Kier alpha value is -2.66. The van der Waals surface area contributed by atoms with Crippen molar-refractivity contribution in [3.05, 3.63) is 93.9 Å². The van der Waals surface area contributed by atoms with E-state index in [2.05, 4.69) is 27.1 Å². The number of hydrogen-bond acceptors (Lipinski definition) is 3. The number of rotatable bonds is 3. The van der Waals surface area contributed by atoms with Gasteiger partial charge in [-0.1, -0.05) is 51.8 Å². The Morgan fingerprint density at radius 1 is 1.15 bits per heavy atom. The van der Waals surface area contributed by atoms with Gasteiger partial charge < -0.3 is 4.42 Å². The summed E-state index contributed by atoms with van der Waals surface area (Å²) in [6.45, 7) is 2.05. The Balaban J connectivity index is 1.74. The zero-order chi connectivity index (χ0) is 18.1. The highest BCUT2D eigenvalue weighted by Crippen LogP contribution is 2.34. The van der Waals surface area contributed by atoms with Gasteiger partial charge in [-0.25, -0.2) is 5.01 Å². The van der Waals surface area contributed by atoms with Crippen LogP contribution in [0.1, 0.15) is 39.7 Å². The van der Waals surface area contributed by atoms with Crippen LogP contribution in [-0.2, 0) is 0 Å². The normalized spacial score (nSPS) is 16.6. The maximum atomic E-state index is 13.2. The van der Waals surface area contributed by atoms with Crippen molar-refractivity contribution in [2.45, 2.75) is 19.4 Å². The number of hydrogen-bond donors (Lipinski definition) is 0. The third-order valence-electron chi connectivity index (χ3n) is 4.42. The molecule has 0 bridgehead atoms. The van der Waals surface area contributed by atoms with Crippen molar-refractivity contribution >= 4 is 27.5 Å². The quantitative estimate of drug-likeness (QED) is 0.586. The summed E-state index contributed by atoms with van der Waals surface area (Å²) < 4.78 is 6.37. The average molecular weight is 409 g/mol. The molecule has 0 unspecified atom stereocenters. The lowest BCUT2D eigenvalue weighted by atomic mass is 9.99. The van der Waals surface area contributed by atoms with Gasteiger partial charge in [0, 0.05) is 16.5 Å². The number of hydrazone groups is 1. The van der Waals surface area contributed by atoms with Crippen LogP contribution in [-0.4, -0.2) is 16.6 Å². The van der Waals surface area contributed by atoms with Gasteiger partial charge in [0.15, 0.2) is 0 Å². The predicted octanol–water partition coefficient (Wildman–Crippen LogP) is 5.34. The molecular weight excluding hydrogens is 392 g/mol. The van der Waals surface area contributed by atoms with Crippen LogP contribution >= 0.6 is 15.9 Å². The molecule has 0 saturated carbocycles. The smallest absolute Gasteiger partial charge is 0.274 e. The van der Waals surface area contributed by atoms with Gasteiger partial charge in [0.1, 0.15) is 11.5 Å². The summed E-state index contributed by atoms with van der Waals surface area (Å²) in [6.07, 6.45) is 2.25. The monoisotopic (exact) mass is 408 g/mol. The summed E-state index contributed by atoms with van der Waals surface area (Å²) in [5.74, 6) is 0.576. The second kappa shape index (κ2) is 6.92. The van der Waals surface area contributed by atoms with Crippen LogP contribution in [0.25, 0.3) is 0 Å². The first-order valence-corrected chi connectivity index (χ1v) is 9.18. The SMILES string of the molecule is Cc1cccc([C@H]2CC(c3ccco3)=NN2C(=O)c2cccc(Br)c2)c1. The summed E-state index contributed by atoms with van der Waals surface area (Å²) >= 11 is 3.43. The van der Waals surface area contributed by atoms with Crippen LogP contribution < -0.4 is 0 Å². The van der Waals surface area contributed by atoms with Crippen LogP contribution in [0.2, 0.25) is 0 Å². The standard InChI is InChI=1S/C21H17BrN2O2/c1-14-5-2-6-15(11-14)19-13-18(20-9-4-10-26-20)23-24(19)21(25)16-7-3-8-17(22)12-16/h2-12,19H,13H2,1H3/t19-/m1/s1. The topological polar surface area (TPSA) is 45.8 Å². The number of amides is 1. The minimum Gasteiger partial charge on any atom is -0.463 e. The fourth-order valence-electron chi connectivity index (χ4n) is 3.18. The van der Waals surface area contributed by atoms with E-state index in [-0.39, 0.29) is 11.9 Å². The minimum atomic E-state index is -0.151. The molecule has 1 aromatic heterocycles. The van der Waals surface area contributed by atoms with E-state index < -0.39 is 0 Å². The number of benzene rings is 2. The molecule has 0 N–H and O–H groups in total. The first-order valence-electron chi connectivity index (χ1n) is 8.39. The molecule has 26 heavy (non-hydrogen) atoms. The van der Waals surface area contributed by atoms with Crippen molar-refractivity contribution in [1.82, 2.24) is 5.01 Å². The Morgan fingerprint density at radius 3 is 2.73 bits per heavy atom. The first-order chi connectivity index (χ1) is 12.6. The summed E-state index contributed by atoms with van der Waals surface area (Å²) in [5, 5.41) is 6.19. The van der Waals surface area contributed by atoms with Gasteiger partial charge in [-0.15, -0.1) is 0 Å². The van der Waals surface area contributed by atoms with Crippen molar-refractivity contribution in [3.8, 4) is 0 Å². The van der Waals surface area contributed by atoms with Gasteiger partial charge in [-0.05, 0) is 42.8 Å². The van der Waals surface area contributed by atoms with E-state index in [9.17, 15) is 4.79 Å². The lowest BCUT2D eigenvalue weighted by molar-refractivity contribution is 0.0711. The molecule has 0 fully saturated rings. The zero-order valence-electron chi connectivity index (χ0n) is 14.2. The third kappa shape index (κ3) is 3.22. The van der Waals surface area contributed by atoms with Crippen LogP contribution in [0.4, 0.5) is 0 Å². The second-order valence-corrected chi connectivity index (χ2v) is 7.23. The van der Waals surface area contributed by atoms with E-state index in [4.69, 9.17) is 4.42 Å². The van der Waals surface area contributed by atoms with E-state index in [1.807, 2.05) is 55.5 Å². The van der Waals surface area contributed by atoms with E-state index in [1.165, 1.54) is 0 Å². The van der Waals surface area contributed by atoms with E-state index in [1.54, 1.807) is 17.3 Å². The maximum Gasteiger partial charge on any atom is 0.274 e. The van der Waals surface area contributed by atoms with Crippen LogP contribution in [0.15, 0.2) is 80.9 Å². The molecule has 1 atom stereocenters. The van der Waals surface area contributed by atoms with Crippen LogP contribution in [0.3, 0.4) is 0 Å². The minimum absolute atomic E-state index is 0.126. The summed E-state index contributed by atoms with van der Waals surface area (Å²) in [5.41, 5.74) is 3.61. The predicted molar refractivity (Wildman–Crippen MR) is 104 cm³/mol. The van der Waals surface area contributed by atoms with Crippen molar-refractivity contribution in [1.29, 1.82) is 0 Å². The Kier molecular flexibility index (Phi) is 4.47. The number of aryl methyl sites for hydroxylation is 1. The zero-order valence-corrected chi connectivity index (χ0v) is 15.8. The number of carbonyl (C=O) groups excluding carboxylic acids is 1. The van der Waals surface area contributed by atoms with E-state index in [0.29, 0.717) is 17.7 Å². The molecule has 2 aromatic carbocycles. The highest BCUT2D eigenvalue weighted by Gasteiger charge is 2.34. The fourth-order valence-corrected chi connectivity index (χ4v) is 3.58.